The summed E-state index contributed by atoms with van der Waals surface area (Å²) in [6.45, 7) is 2.23. The Morgan fingerprint density at radius 2 is 1.97 bits per heavy atom. The summed E-state index contributed by atoms with van der Waals surface area (Å²) >= 11 is 1.79. The molecule has 0 bridgehead atoms. The van der Waals surface area contributed by atoms with Crippen molar-refractivity contribution in [1.29, 1.82) is 0 Å². The molecular weight excluding hydrogens is 400 g/mol. The normalized spacial score (nSPS) is 20.7. The fourth-order valence-corrected chi connectivity index (χ4v) is 5.50. The Morgan fingerprint density at radius 1 is 1.23 bits per heavy atom. The highest BCUT2D eigenvalue weighted by Crippen LogP contribution is 2.38. The second kappa shape index (κ2) is 9.20. The summed E-state index contributed by atoms with van der Waals surface area (Å²) in [5.41, 5.74) is 2.82. The summed E-state index contributed by atoms with van der Waals surface area (Å²) in [6.07, 6.45) is 7.95. The molecule has 1 N–H and O–H groups in total. The summed E-state index contributed by atoms with van der Waals surface area (Å²) in [4.78, 5) is 23.6. The zero-order chi connectivity index (χ0) is 21.1. The van der Waals surface area contributed by atoms with Gasteiger partial charge >= 0.3 is 0 Å². The number of nitrogens with zero attached hydrogens (tertiary/aromatic N) is 3. The van der Waals surface area contributed by atoms with Crippen LogP contribution in [0, 0.1) is 22.0 Å². The summed E-state index contributed by atoms with van der Waals surface area (Å²) in [7, 11) is 0. The number of carbonyl (C=O) groups is 1. The van der Waals surface area contributed by atoms with Crippen molar-refractivity contribution in [3.8, 4) is 5.69 Å². The van der Waals surface area contributed by atoms with E-state index in [-0.39, 0.29) is 17.5 Å². The van der Waals surface area contributed by atoms with Crippen molar-refractivity contribution in [3.63, 3.8) is 0 Å². The number of carbonyl (C=O) groups excluding carboxylic acids is 1. The monoisotopic (exact) mass is 428 g/mol. The number of rotatable bonds is 7. The van der Waals surface area contributed by atoms with Gasteiger partial charge in [-0.25, -0.2) is 4.68 Å². The van der Waals surface area contributed by atoms with Gasteiger partial charge in [0.1, 0.15) is 5.82 Å². The van der Waals surface area contributed by atoms with Crippen LogP contribution in [-0.4, -0.2) is 20.6 Å². The average Bonchev–Trinajstić information content (AvgIpc) is 3.35. The Bertz CT molecular complexity index is 917. The van der Waals surface area contributed by atoms with Crippen molar-refractivity contribution >= 4 is 29.2 Å². The lowest BCUT2D eigenvalue weighted by molar-refractivity contribution is -0.384. The van der Waals surface area contributed by atoms with Crippen molar-refractivity contribution in [2.45, 2.75) is 63.4 Å². The summed E-state index contributed by atoms with van der Waals surface area (Å²) < 4.78 is 1.74. The number of amides is 1. The third-order valence-corrected chi connectivity index (χ3v) is 7.25. The fourth-order valence-electron chi connectivity index (χ4n) is 4.47. The summed E-state index contributed by atoms with van der Waals surface area (Å²) in [5, 5.41) is 18.8. The maximum Gasteiger partial charge on any atom is 0.269 e. The first-order valence-electron chi connectivity index (χ1n) is 10.8. The van der Waals surface area contributed by atoms with E-state index in [1.54, 1.807) is 28.6 Å². The Morgan fingerprint density at radius 3 is 2.63 bits per heavy atom. The maximum atomic E-state index is 13.1. The molecule has 2 aromatic rings. The second-order valence-electron chi connectivity index (χ2n) is 8.30. The van der Waals surface area contributed by atoms with Gasteiger partial charge in [-0.1, -0.05) is 26.2 Å². The van der Waals surface area contributed by atoms with E-state index in [4.69, 9.17) is 5.10 Å². The van der Waals surface area contributed by atoms with Crippen LogP contribution in [0.4, 0.5) is 11.5 Å². The van der Waals surface area contributed by atoms with Crippen LogP contribution in [0.5, 0.6) is 0 Å². The van der Waals surface area contributed by atoms with Crippen molar-refractivity contribution in [3.05, 3.63) is 45.6 Å². The van der Waals surface area contributed by atoms with Crippen LogP contribution in [0.15, 0.2) is 24.3 Å². The van der Waals surface area contributed by atoms with Gasteiger partial charge in [-0.05, 0) is 43.7 Å². The molecular formula is C22H28N4O3S. The third kappa shape index (κ3) is 4.38. The lowest BCUT2D eigenvalue weighted by atomic mass is 9.79. The number of anilines is 1. The van der Waals surface area contributed by atoms with Crippen LogP contribution in [0.1, 0.15) is 63.1 Å². The molecule has 0 spiro atoms. The van der Waals surface area contributed by atoms with Crippen LogP contribution >= 0.6 is 11.8 Å². The Labute approximate surface area is 180 Å². The molecule has 8 heteroatoms. The number of nitrogens with one attached hydrogen (secondary N) is 1. The molecule has 1 aromatic carbocycles. The molecule has 1 aliphatic carbocycles. The topological polar surface area (TPSA) is 90.1 Å². The smallest absolute Gasteiger partial charge is 0.269 e. The largest absolute Gasteiger partial charge is 0.310 e. The SMILES string of the molecule is CCCCC1CCC(C(=O)Nc2c3c(nn2-c2ccc([N+](=O)[O-])cc2)CSC3)CC1. The number of non-ortho nitro benzene ring substituents is 1. The first-order chi connectivity index (χ1) is 14.6. The number of thioether (sulfide) groups is 1. The quantitative estimate of drug-likeness (QED) is 0.467. The molecule has 7 nitrogen and oxygen atoms in total. The molecule has 1 amide bonds. The first kappa shape index (κ1) is 20.9. The highest BCUT2D eigenvalue weighted by atomic mass is 32.2. The van der Waals surface area contributed by atoms with E-state index in [1.807, 2.05) is 0 Å². The van der Waals surface area contributed by atoms with Gasteiger partial charge in [0, 0.05) is 35.1 Å². The summed E-state index contributed by atoms with van der Waals surface area (Å²) in [5.74, 6) is 3.25. The molecule has 4 rings (SSSR count). The van der Waals surface area contributed by atoms with E-state index >= 15 is 0 Å². The van der Waals surface area contributed by atoms with E-state index in [2.05, 4.69) is 12.2 Å². The van der Waals surface area contributed by atoms with Gasteiger partial charge < -0.3 is 5.32 Å². The van der Waals surface area contributed by atoms with Gasteiger partial charge in [0.25, 0.3) is 5.69 Å². The summed E-state index contributed by atoms with van der Waals surface area (Å²) in [6, 6.07) is 6.31. The van der Waals surface area contributed by atoms with Crippen LogP contribution in [0.25, 0.3) is 5.69 Å². The number of aromatic nitrogens is 2. The number of nitro groups is 1. The van der Waals surface area contributed by atoms with E-state index in [0.717, 1.165) is 65.9 Å². The predicted octanol–water partition coefficient (Wildman–Crippen LogP) is 5.46. The number of benzene rings is 1. The third-order valence-electron chi connectivity index (χ3n) is 6.28. The fraction of sp³-hybridized carbons (Fsp3) is 0.545. The highest BCUT2D eigenvalue weighted by Gasteiger charge is 2.29. The molecule has 1 aromatic heterocycles. The Kier molecular flexibility index (Phi) is 6.41. The van der Waals surface area contributed by atoms with Gasteiger partial charge in [0.15, 0.2) is 0 Å². The van der Waals surface area contributed by atoms with Gasteiger partial charge in [-0.2, -0.15) is 16.9 Å². The van der Waals surface area contributed by atoms with E-state index in [1.165, 1.54) is 31.4 Å². The molecule has 30 heavy (non-hydrogen) atoms. The van der Waals surface area contributed by atoms with Crippen LogP contribution in [0.2, 0.25) is 0 Å². The average molecular weight is 429 g/mol. The Balaban J connectivity index is 1.50. The van der Waals surface area contributed by atoms with Gasteiger partial charge in [-0.3, -0.25) is 14.9 Å². The molecule has 0 radical (unpaired) electrons. The first-order valence-corrected chi connectivity index (χ1v) is 12.0. The maximum absolute atomic E-state index is 13.1. The van der Waals surface area contributed by atoms with E-state index in [9.17, 15) is 14.9 Å². The molecule has 1 fully saturated rings. The zero-order valence-corrected chi connectivity index (χ0v) is 18.1. The number of fused-ring (bicyclic) bond motifs is 1. The van der Waals surface area contributed by atoms with Crippen LogP contribution < -0.4 is 5.32 Å². The Hall–Kier alpha value is -2.35. The van der Waals surface area contributed by atoms with Crippen LogP contribution in [-0.2, 0) is 16.3 Å². The van der Waals surface area contributed by atoms with Crippen molar-refractivity contribution in [2.24, 2.45) is 11.8 Å². The standard InChI is InChI=1S/C22H28N4O3S/c1-2-3-4-15-5-7-16(8-6-15)22(27)23-21-19-13-30-14-20(19)24-25(21)17-9-11-18(12-10-17)26(28)29/h9-12,15-16H,2-8,13-14H2,1H3,(H,23,27). The molecule has 0 saturated heterocycles. The second-order valence-corrected chi connectivity index (χ2v) is 9.29. The minimum atomic E-state index is -0.414. The minimum absolute atomic E-state index is 0.0411. The number of hydrogen-bond donors (Lipinski definition) is 1. The number of nitro benzene ring substituents is 1. The van der Waals surface area contributed by atoms with Gasteiger partial charge in [-0.15, -0.1) is 0 Å². The van der Waals surface area contributed by atoms with Crippen molar-refractivity contribution < 1.29 is 9.72 Å². The molecule has 1 aliphatic heterocycles. The minimum Gasteiger partial charge on any atom is -0.310 e. The predicted molar refractivity (Wildman–Crippen MR) is 119 cm³/mol. The van der Waals surface area contributed by atoms with E-state index in [0.29, 0.717) is 0 Å². The number of unbranched alkanes of at least 4 members (excludes halogenated alkanes) is 1. The van der Waals surface area contributed by atoms with Gasteiger partial charge in [0.05, 0.1) is 16.3 Å². The molecule has 2 heterocycles. The molecule has 0 atom stereocenters. The number of hydrogen-bond acceptors (Lipinski definition) is 5. The molecule has 160 valence electrons. The highest BCUT2D eigenvalue weighted by molar-refractivity contribution is 7.98. The molecule has 0 unspecified atom stereocenters. The van der Waals surface area contributed by atoms with Crippen molar-refractivity contribution in [1.82, 2.24) is 9.78 Å². The lowest BCUT2D eigenvalue weighted by Gasteiger charge is -2.27. The van der Waals surface area contributed by atoms with Gasteiger partial charge in [0.2, 0.25) is 5.91 Å². The van der Waals surface area contributed by atoms with Crippen molar-refractivity contribution in [2.75, 3.05) is 5.32 Å². The van der Waals surface area contributed by atoms with Crippen LogP contribution in [0.3, 0.4) is 0 Å². The molecule has 2 aliphatic rings. The van der Waals surface area contributed by atoms with E-state index < -0.39 is 4.92 Å². The zero-order valence-electron chi connectivity index (χ0n) is 17.3. The molecule has 1 saturated carbocycles. The lowest BCUT2D eigenvalue weighted by Crippen LogP contribution is -2.28.